The normalized spacial score (nSPS) is 10.7. The largest absolute Gasteiger partial charge is 1.00 e. The summed E-state index contributed by atoms with van der Waals surface area (Å²) in [5.41, 5.74) is -0.610. The van der Waals surface area contributed by atoms with E-state index >= 15 is 0 Å². The molecule has 130 valence electrons. The summed E-state index contributed by atoms with van der Waals surface area (Å²) in [5, 5.41) is 20.0. The molecule has 0 aromatic heterocycles. The van der Waals surface area contributed by atoms with Crippen molar-refractivity contribution in [1.82, 2.24) is 0 Å². The number of aromatic hydroxyl groups is 2. The van der Waals surface area contributed by atoms with Crippen molar-refractivity contribution in [3.05, 3.63) is 41.5 Å². The van der Waals surface area contributed by atoms with E-state index in [0.717, 1.165) is 19.2 Å². The number of carbonyl (C=O) groups excluding carboxylic acids is 1. The van der Waals surface area contributed by atoms with Crippen LogP contribution in [0.2, 0.25) is 0 Å². The van der Waals surface area contributed by atoms with Crippen LogP contribution in [0, 0.1) is 0 Å². The maximum atomic E-state index is 12.5. The molecular formula is C15H15NaO8S. The van der Waals surface area contributed by atoms with Crippen molar-refractivity contribution in [3.8, 4) is 23.0 Å². The van der Waals surface area contributed by atoms with Crippen LogP contribution in [0.25, 0.3) is 0 Å². The minimum Gasteiger partial charge on any atom is -1.00 e. The first-order valence-corrected chi connectivity index (χ1v) is 7.93. The summed E-state index contributed by atoms with van der Waals surface area (Å²) in [6.45, 7) is 0. The smallest absolute Gasteiger partial charge is 1.00 e. The molecule has 0 bridgehead atoms. The Morgan fingerprint density at radius 3 is 2.12 bits per heavy atom. The number of hydrogen-bond donors (Lipinski definition) is 3. The molecule has 0 amide bonds. The second-order valence-corrected chi connectivity index (χ2v) is 6.04. The van der Waals surface area contributed by atoms with Gasteiger partial charge in [0.1, 0.15) is 17.2 Å². The first kappa shape index (κ1) is 21.3. The van der Waals surface area contributed by atoms with Crippen LogP contribution in [-0.2, 0) is 10.1 Å². The van der Waals surface area contributed by atoms with Crippen molar-refractivity contribution in [1.29, 1.82) is 0 Å². The summed E-state index contributed by atoms with van der Waals surface area (Å²) in [6.07, 6.45) is 0. The van der Waals surface area contributed by atoms with Crippen LogP contribution in [0.3, 0.4) is 0 Å². The van der Waals surface area contributed by atoms with E-state index in [0.29, 0.717) is 5.75 Å². The van der Waals surface area contributed by atoms with Gasteiger partial charge in [0.25, 0.3) is 0 Å². The van der Waals surface area contributed by atoms with Crippen molar-refractivity contribution in [2.24, 2.45) is 0 Å². The number of hydrogen-bond acceptors (Lipinski definition) is 7. The molecule has 2 rings (SSSR count). The number of carbonyl (C=O) groups is 1. The van der Waals surface area contributed by atoms with Gasteiger partial charge >= 0.3 is 39.7 Å². The number of phenolic OH excluding ortho intramolecular Hbond substituents is 2. The van der Waals surface area contributed by atoms with E-state index < -0.39 is 37.9 Å². The van der Waals surface area contributed by atoms with E-state index in [2.05, 4.69) is 0 Å². The Kier molecular flexibility index (Phi) is 6.86. The van der Waals surface area contributed by atoms with Crippen LogP contribution in [-0.4, -0.2) is 43.2 Å². The van der Waals surface area contributed by atoms with Gasteiger partial charge in [-0.15, -0.1) is 0 Å². The van der Waals surface area contributed by atoms with Gasteiger partial charge in [0.2, 0.25) is 5.78 Å². The second kappa shape index (κ2) is 8.07. The van der Waals surface area contributed by atoms with E-state index in [-0.39, 0.29) is 42.3 Å². The zero-order chi connectivity index (χ0) is 18.1. The predicted octanol–water partition coefficient (Wildman–Crippen LogP) is -1.29. The molecule has 0 fully saturated rings. The van der Waals surface area contributed by atoms with Gasteiger partial charge < -0.3 is 21.1 Å². The number of methoxy groups -OCH3 is 2. The molecule has 0 aliphatic carbocycles. The van der Waals surface area contributed by atoms with Crippen molar-refractivity contribution in [2.75, 3.05) is 14.2 Å². The molecule has 8 nitrogen and oxygen atoms in total. The molecule has 0 aliphatic heterocycles. The predicted molar refractivity (Wildman–Crippen MR) is 83.7 cm³/mol. The SMILES string of the molecule is COc1ccc(C(=O)c2ccc(OC)c(S(=O)(=O)O)c2O)c(O)c1.[H-].[Na+]. The van der Waals surface area contributed by atoms with Gasteiger partial charge in [-0.25, -0.2) is 0 Å². The van der Waals surface area contributed by atoms with E-state index in [4.69, 9.17) is 9.47 Å². The average Bonchev–Trinajstić information content (AvgIpc) is 2.52. The maximum absolute atomic E-state index is 12.5. The topological polar surface area (TPSA) is 130 Å². The zero-order valence-corrected chi connectivity index (χ0v) is 16.5. The standard InChI is InChI=1S/C15H14O8S.Na.H/c1-22-8-3-4-9(11(16)7-8)13(17)10-5-6-12(23-2)15(14(10)18)24(19,20)21;;/h3-7,16,18H,1-2H3,(H,19,20,21);;/q;+1;-1. The van der Waals surface area contributed by atoms with Gasteiger partial charge in [-0.05, 0) is 24.3 Å². The van der Waals surface area contributed by atoms with Crippen LogP contribution in [0.1, 0.15) is 17.3 Å². The summed E-state index contributed by atoms with van der Waals surface area (Å²) < 4.78 is 41.8. The Balaban J connectivity index is 0.00000312. The quantitative estimate of drug-likeness (QED) is 0.333. The van der Waals surface area contributed by atoms with Crippen LogP contribution in [0.5, 0.6) is 23.0 Å². The van der Waals surface area contributed by atoms with Gasteiger partial charge in [0.15, 0.2) is 10.6 Å². The van der Waals surface area contributed by atoms with Gasteiger partial charge in [0.05, 0.1) is 25.3 Å². The molecule has 10 heteroatoms. The van der Waals surface area contributed by atoms with Crippen LogP contribution in [0.15, 0.2) is 35.2 Å². The third kappa shape index (κ3) is 4.25. The number of ether oxygens (including phenoxy) is 2. The third-order valence-corrected chi connectivity index (χ3v) is 4.18. The summed E-state index contributed by atoms with van der Waals surface area (Å²) in [6, 6.07) is 6.09. The third-order valence-electron chi connectivity index (χ3n) is 3.27. The molecule has 25 heavy (non-hydrogen) atoms. The Bertz CT molecular complexity index is 914. The van der Waals surface area contributed by atoms with E-state index in [1.54, 1.807) is 0 Å². The molecule has 0 radical (unpaired) electrons. The molecule has 0 aliphatic rings. The van der Waals surface area contributed by atoms with E-state index in [9.17, 15) is 28.0 Å². The van der Waals surface area contributed by atoms with Crippen LogP contribution >= 0.6 is 0 Å². The average molecular weight is 378 g/mol. The van der Waals surface area contributed by atoms with E-state index in [1.165, 1.54) is 25.3 Å². The molecule has 0 heterocycles. The fourth-order valence-electron chi connectivity index (χ4n) is 2.12. The van der Waals surface area contributed by atoms with Gasteiger partial charge in [-0.3, -0.25) is 9.35 Å². The molecule has 2 aromatic carbocycles. The number of phenols is 2. The van der Waals surface area contributed by atoms with Gasteiger partial charge in [-0.1, -0.05) is 0 Å². The monoisotopic (exact) mass is 378 g/mol. The number of ketones is 1. The Labute approximate surface area is 167 Å². The summed E-state index contributed by atoms with van der Waals surface area (Å²) in [7, 11) is -2.33. The van der Waals surface area contributed by atoms with Gasteiger partial charge in [-0.2, -0.15) is 8.42 Å². The van der Waals surface area contributed by atoms with Gasteiger partial charge in [0, 0.05) is 6.07 Å². The Hall–Kier alpha value is -1.78. The fraction of sp³-hybridized carbons (Fsp3) is 0.133. The Morgan fingerprint density at radius 2 is 1.64 bits per heavy atom. The number of rotatable bonds is 5. The van der Waals surface area contributed by atoms with Crippen molar-refractivity contribution in [2.45, 2.75) is 4.90 Å². The first-order chi connectivity index (χ1) is 11.2. The van der Waals surface area contributed by atoms with E-state index in [1.807, 2.05) is 0 Å². The van der Waals surface area contributed by atoms with Crippen LogP contribution in [0.4, 0.5) is 0 Å². The summed E-state index contributed by atoms with van der Waals surface area (Å²) in [5.74, 6) is -2.26. The summed E-state index contributed by atoms with van der Waals surface area (Å²) in [4.78, 5) is 11.6. The molecular weight excluding hydrogens is 363 g/mol. The zero-order valence-electron chi connectivity index (χ0n) is 14.7. The van der Waals surface area contributed by atoms with Crippen molar-refractivity contribution >= 4 is 15.9 Å². The fourth-order valence-corrected chi connectivity index (χ4v) is 2.88. The van der Waals surface area contributed by atoms with Crippen LogP contribution < -0.4 is 39.0 Å². The van der Waals surface area contributed by atoms with Crippen molar-refractivity contribution in [3.63, 3.8) is 0 Å². The maximum Gasteiger partial charge on any atom is 1.00 e. The molecule has 0 spiro atoms. The minimum atomic E-state index is -4.84. The minimum absolute atomic E-state index is 0. The molecule has 3 N–H and O–H groups in total. The Morgan fingerprint density at radius 1 is 1.04 bits per heavy atom. The second-order valence-electron chi connectivity index (χ2n) is 4.68. The molecule has 2 aromatic rings. The van der Waals surface area contributed by atoms with Crippen molar-refractivity contribution < 1.29 is 68.4 Å². The molecule has 0 unspecified atom stereocenters. The molecule has 0 saturated heterocycles. The molecule has 0 saturated carbocycles. The number of benzene rings is 2. The molecule has 0 atom stereocenters. The summed E-state index contributed by atoms with van der Waals surface area (Å²) >= 11 is 0. The first-order valence-electron chi connectivity index (χ1n) is 6.49.